The molecule has 2 saturated heterocycles. The highest BCUT2D eigenvalue weighted by molar-refractivity contribution is 5.20. The Morgan fingerprint density at radius 3 is 2.59 bits per heavy atom. The number of rotatable bonds is 3. The summed E-state index contributed by atoms with van der Waals surface area (Å²) in [6.07, 6.45) is 5.06. The Hall–Kier alpha value is -1.29. The van der Waals surface area contributed by atoms with E-state index < -0.39 is 0 Å². The second-order valence-corrected chi connectivity index (χ2v) is 4.87. The van der Waals surface area contributed by atoms with Crippen LogP contribution in [0.3, 0.4) is 0 Å². The van der Waals surface area contributed by atoms with E-state index in [0.29, 0.717) is 29.9 Å². The van der Waals surface area contributed by atoms with Crippen molar-refractivity contribution in [1.82, 2.24) is 10.3 Å². The van der Waals surface area contributed by atoms with Crippen molar-refractivity contribution in [2.45, 2.75) is 43.9 Å². The van der Waals surface area contributed by atoms with Crippen molar-refractivity contribution >= 4 is 0 Å². The Kier molecular flexibility index (Phi) is 2.89. The number of hydrogen-bond donors (Lipinski definition) is 1. The SMILES string of the molecule is [11CH3]Oc1cccc(OC2C[C@H]3CC[C@@H](C2)N3)n1. The van der Waals surface area contributed by atoms with Gasteiger partial charge >= 0.3 is 0 Å². The van der Waals surface area contributed by atoms with Crippen molar-refractivity contribution in [3.63, 3.8) is 0 Å². The van der Waals surface area contributed by atoms with Crippen molar-refractivity contribution in [3.05, 3.63) is 18.2 Å². The smallest absolute Gasteiger partial charge is 0.216 e. The zero-order valence-electron chi connectivity index (χ0n) is 10.1. The monoisotopic (exact) mass is 233 g/mol. The summed E-state index contributed by atoms with van der Waals surface area (Å²) in [7, 11) is 1.62. The zero-order chi connectivity index (χ0) is 11.7. The van der Waals surface area contributed by atoms with Gasteiger partial charge in [-0.15, -0.1) is 0 Å². The predicted molar refractivity (Wildman–Crippen MR) is 64.4 cm³/mol. The maximum absolute atomic E-state index is 5.95. The molecule has 0 aromatic carbocycles. The standard InChI is InChI=1S/C13H18N2O2/c1-16-12-3-2-4-13(15-12)17-11-7-9-5-6-10(8-11)14-9/h2-4,9-11,14H,5-8H2,1H3/t9-,10+,11?/i1-1. The van der Waals surface area contributed by atoms with E-state index in [1.165, 1.54) is 12.8 Å². The van der Waals surface area contributed by atoms with Crippen LogP contribution in [-0.4, -0.2) is 30.3 Å². The van der Waals surface area contributed by atoms with E-state index in [4.69, 9.17) is 9.47 Å². The first kappa shape index (κ1) is 10.8. The van der Waals surface area contributed by atoms with E-state index in [2.05, 4.69) is 10.3 Å². The summed E-state index contributed by atoms with van der Waals surface area (Å²) in [6, 6.07) is 6.93. The first-order chi connectivity index (χ1) is 8.33. The third kappa shape index (κ3) is 2.36. The van der Waals surface area contributed by atoms with E-state index in [9.17, 15) is 0 Å². The number of nitrogens with one attached hydrogen (secondary N) is 1. The van der Waals surface area contributed by atoms with Crippen LogP contribution in [0.5, 0.6) is 11.8 Å². The molecule has 17 heavy (non-hydrogen) atoms. The molecule has 0 amide bonds. The van der Waals surface area contributed by atoms with Crippen molar-refractivity contribution in [2.24, 2.45) is 0 Å². The maximum atomic E-state index is 5.95. The van der Waals surface area contributed by atoms with E-state index >= 15 is 0 Å². The summed E-state index contributed by atoms with van der Waals surface area (Å²) >= 11 is 0. The third-order valence-electron chi connectivity index (χ3n) is 3.62. The molecule has 92 valence electrons. The highest BCUT2D eigenvalue weighted by Crippen LogP contribution is 2.29. The number of ether oxygens (including phenoxy) is 2. The molecule has 2 aliphatic rings. The summed E-state index contributed by atoms with van der Waals surface area (Å²) in [4.78, 5) is 4.29. The fourth-order valence-corrected chi connectivity index (χ4v) is 2.85. The molecule has 1 N–H and O–H groups in total. The molecule has 4 nitrogen and oxygen atoms in total. The lowest BCUT2D eigenvalue weighted by molar-refractivity contribution is 0.131. The Morgan fingerprint density at radius 1 is 1.18 bits per heavy atom. The third-order valence-corrected chi connectivity index (χ3v) is 3.62. The Labute approximate surface area is 101 Å². The average molecular weight is 233 g/mol. The van der Waals surface area contributed by atoms with Crippen molar-refractivity contribution in [1.29, 1.82) is 0 Å². The lowest BCUT2D eigenvalue weighted by Gasteiger charge is -2.29. The number of nitrogens with zero attached hydrogens (tertiary/aromatic N) is 1. The van der Waals surface area contributed by atoms with Crippen LogP contribution in [0.15, 0.2) is 18.2 Å². The van der Waals surface area contributed by atoms with Gasteiger partial charge in [-0.05, 0) is 25.7 Å². The van der Waals surface area contributed by atoms with Crippen LogP contribution in [-0.2, 0) is 0 Å². The van der Waals surface area contributed by atoms with Gasteiger partial charge in [0.25, 0.3) is 0 Å². The first-order valence-corrected chi connectivity index (χ1v) is 6.27. The molecule has 3 atom stereocenters. The summed E-state index contributed by atoms with van der Waals surface area (Å²) in [5.41, 5.74) is 0. The van der Waals surface area contributed by atoms with Gasteiger partial charge in [0.1, 0.15) is 6.10 Å². The van der Waals surface area contributed by atoms with Gasteiger partial charge in [-0.2, -0.15) is 4.98 Å². The van der Waals surface area contributed by atoms with Gasteiger partial charge in [-0.1, -0.05) is 6.07 Å². The van der Waals surface area contributed by atoms with Crippen LogP contribution < -0.4 is 14.8 Å². The van der Waals surface area contributed by atoms with Crippen LogP contribution in [0.25, 0.3) is 0 Å². The van der Waals surface area contributed by atoms with Crippen molar-refractivity contribution < 1.29 is 9.47 Å². The highest BCUT2D eigenvalue weighted by Gasteiger charge is 2.34. The molecule has 2 bridgehead atoms. The van der Waals surface area contributed by atoms with Gasteiger partial charge in [-0.25, -0.2) is 0 Å². The molecular formula is C13H18N2O2. The molecule has 3 rings (SSSR count). The number of aromatic nitrogens is 1. The number of hydrogen-bond acceptors (Lipinski definition) is 4. The van der Waals surface area contributed by atoms with Gasteiger partial charge in [0.15, 0.2) is 0 Å². The fraction of sp³-hybridized carbons (Fsp3) is 0.615. The quantitative estimate of drug-likeness (QED) is 0.863. The van der Waals surface area contributed by atoms with Crippen LogP contribution in [0.2, 0.25) is 0 Å². The first-order valence-electron chi connectivity index (χ1n) is 6.27. The summed E-state index contributed by atoms with van der Waals surface area (Å²) in [6.45, 7) is 0. The molecule has 4 heteroatoms. The molecule has 3 heterocycles. The molecule has 2 aliphatic heterocycles. The van der Waals surface area contributed by atoms with Crippen molar-refractivity contribution in [3.8, 4) is 11.8 Å². The zero-order valence-corrected chi connectivity index (χ0v) is 10.1. The predicted octanol–water partition coefficient (Wildman–Crippen LogP) is 1.75. The minimum atomic E-state index is 0.299. The second kappa shape index (κ2) is 4.53. The van der Waals surface area contributed by atoms with E-state index in [0.717, 1.165) is 12.8 Å². The van der Waals surface area contributed by atoms with E-state index in [1.54, 1.807) is 7.11 Å². The van der Waals surface area contributed by atoms with E-state index in [1.807, 2.05) is 18.2 Å². The van der Waals surface area contributed by atoms with E-state index in [-0.39, 0.29) is 0 Å². The molecule has 0 spiro atoms. The topological polar surface area (TPSA) is 43.4 Å². The Balaban J connectivity index is 1.66. The van der Waals surface area contributed by atoms with Crippen LogP contribution in [0.1, 0.15) is 25.7 Å². The van der Waals surface area contributed by atoms with Gasteiger partial charge in [0, 0.05) is 24.2 Å². The molecule has 1 unspecified atom stereocenters. The molecule has 0 aliphatic carbocycles. The minimum absolute atomic E-state index is 0.299. The summed E-state index contributed by atoms with van der Waals surface area (Å²) in [5.74, 6) is 1.29. The van der Waals surface area contributed by atoms with Crippen LogP contribution >= 0.6 is 0 Å². The molecule has 0 radical (unpaired) electrons. The maximum Gasteiger partial charge on any atom is 0.216 e. The fourth-order valence-electron chi connectivity index (χ4n) is 2.85. The molecular weight excluding hydrogens is 215 g/mol. The lowest BCUT2D eigenvalue weighted by atomic mass is 10.0. The molecule has 2 fully saturated rings. The molecule has 0 saturated carbocycles. The van der Waals surface area contributed by atoms with Gasteiger partial charge in [0.2, 0.25) is 11.8 Å². The van der Waals surface area contributed by atoms with Gasteiger partial charge in [0.05, 0.1) is 7.11 Å². The number of methoxy groups -OCH3 is 1. The largest absolute Gasteiger partial charge is 0.481 e. The highest BCUT2D eigenvalue weighted by atomic mass is 16.5. The minimum Gasteiger partial charge on any atom is -0.481 e. The Bertz CT molecular complexity index is 385. The molecule has 1 aromatic heterocycles. The summed E-state index contributed by atoms with van der Waals surface area (Å²) in [5, 5.41) is 3.60. The Morgan fingerprint density at radius 2 is 1.88 bits per heavy atom. The van der Waals surface area contributed by atoms with Crippen LogP contribution in [0.4, 0.5) is 0 Å². The number of piperidine rings is 1. The van der Waals surface area contributed by atoms with Gasteiger partial charge < -0.3 is 14.8 Å². The second-order valence-electron chi connectivity index (χ2n) is 4.87. The molecule has 1 aromatic rings. The number of fused-ring (bicyclic) bond motifs is 2. The lowest BCUT2D eigenvalue weighted by Crippen LogP contribution is -2.42. The summed E-state index contributed by atoms with van der Waals surface area (Å²) < 4.78 is 11.0. The normalized spacial score (nSPS) is 31.2. The average Bonchev–Trinajstić information content (AvgIpc) is 2.69. The number of pyridine rings is 1. The van der Waals surface area contributed by atoms with Crippen molar-refractivity contribution in [2.75, 3.05) is 7.11 Å². The van der Waals surface area contributed by atoms with Crippen LogP contribution in [0, 0.1) is 0 Å². The van der Waals surface area contributed by atoms with Gasteiger partial charge in [-0.3, -0.25) is 0 Å².